The first-order valence-electron chi connectivity index (χ1n) is 12.2. The number of hydrogen-bond donors (Lipinski definition) is 1. The molecule has 2 aromatic rings. The number of benzene rings is 1. The molecule has 1 N–H and O–H groups in total. The highest BCUT2D eigenvalue weighted by atomic mass is 16.5. The highest BCUT2D eigenvalue weighted by Crippen LogP contribution is 2.32. The lowest BCUT2D eigenvalue weighted by atomic mass is 9.89. The van der Waals surface area contributed by atoms with E-state index in [0.29, 0.717) is 12.1 Å². The minimum absolute atomic E-state index is 0.437. The Morgan fingerprint density at radius 2 is 2.06 bits per heavy atom. The van der Waals surface area contributed by atoms with Gasteiger partial charge in [-0.15, -0.1) is 0 Å². The van der Waals surface area contributed by atoms with Gasteiger partial charge in [-0.1, -0.05) is 36.4 Å². The molecule has 1 aromatic heterocycles. The van der Waals surface area contributed by atoms with Crippen molar-refractivity contribution < 1.29 is 4.74 Å². The zero-order valence-corrected chi connectivity index (χ0v) is 19.3. The monoisotopic (exact) mass is 432 g/mol. The highest BCUT2D eigenvalue weighted by molar-refractivity contribution is 5.57. The molecule has 0 saturated carbocycles. The van der Waals surface area contributed by atoms with Gasteiger partial charge < -0.3 is 10.1 Å². The second-order valence-corrected chi connectivity index (χ2v) is 9.48. The molecular weight excluding hydrogens is 396 g/mol. The fraction of sp³-hybridized carbons (Fsp3) is 0.519. The summed E-state index contributed by atoms with van der Waals surface area (Å²) in [5.74, 6) is 0. The first kappa shape index (κ1) is 21.8. The summed E-state index contributed by atoms with van der Waals surface area (Å²) in [5, 5.41) is 3.80. The normalized spacial score (nSPS) is 23.9. The highest BCUT2D eigenvalue weighted by Gasteiger charge is 2.28. The van der Waals surface area contributed by atoms with Gasteiger partial charge in [0.1, 0.15) is 0 Å². The van der Waals surface area contributed by atoms with E-state index in [1.807, 2.05) is 6.20 Å². The number of rotatable bonds is 6. The summed E-state index contributed by atoms with van der Waals surface area (Å²) in [6.45, 7) is 6.80. The van der Waals surface area contributed by atoms with E-state index in [1.165, 1.54) is 47.2 Å². The van der Waals surface area contributed by atoms with Crippen LogP contribution in [0.4, 0.5) is 0 Å². The molecule has 1 aliphatic carbocycles. The average molecular weight is 433 g/mol. The minimum Gasteiger partial charge on any atom is -0.379 e. The van der Waals surface area contributed by atoms with Crippen LogP contribution < -0.4 is 5.32 Å². The third-order valence-electron chi connectivity index (χ3n) is 7.31. The molecular formula is C27H36N4O. The molecule has 2 aliphatic heterocycles. The maximum absolute atomic E-state index is 5.46. The summed E-state index contributed by atoms with van der Waals surface area (Å²) < 4.78 is 5.46. The van der Waals surface area contributed by atoms with Crippen LogP contribution in [0.1, 0.15) is 46.8 Å². The van der Waals surface area contributed by atoms with Crippen LogP contribution in [0.5, 0.6) is 0 Å². The molecule has 1 saturated heterocycles. The number of aromatic nitrogens is 1. The summed E-state index contributed by atoms with van der Waals surface area (Å²) in [5.41, 5.74) is 7.08. The molecule has 1 aromatic carbocycles. The Labute approximate surface area is 192 Å². The molecule has 0 unspecified atom stereocenters. The Bertz CT molecular complexity index is 937. The van der Waals surface area contributed by atoms with E-state index in [2.05, 4.69) is 64.6 Å². The summed E-state index contributed by atoms with van der Waals surface area (Å²) in [6, 6.07) is 12.0. The van der Waals surface area contributed by atoms with Crippen LogP contribution in [0.3, 0.4) is 0 Å². The molecule has 1 fully saturated rings. The van der Waals surface area contributed by atoms with Crippen molar-refractivity contribution >= 4 is 6.08 Å². The van der Waals surface area contributed by atoms with Gasteiger partial charge in [-0.25, -0.2) is 0 Å². The number of ether oxygens (including phenoxy) is 1. The Morgan fingerprint density at radius 1 is 1.19 bits per heavy atom. The Hall–Kier alpha value is -2.05. The third-order valence-corrected chi connectivity index (χ3v) is 7.31. The number of aryl methyl sites for hydroxylation is 1. The van der Waals surface area contributed by atoms with Crippen molar-refractivity contribution in [1.82, 2.24) is 20.1 Å². The molecule has 5 nitrogen and oxygen atoms in total. The molecule has 3 aliphatic rings. The molecule has 5 rings (SSSR count). The van der Waals surface area contributed by atoms with Crippen LogP contribution in [-0.2, 0) is 24.1 Å². The van der Waals surface area contributed by atoms with Gasteiger partial charge in [0.15, 0.2) is 0 Å². The molecule has 5 heteroatoms. The van der Waals surface area contributed by atoms with Gasteiger partial charge in [0.2, 0.25) is 0 Å². The van der Waals surface area contributed by atoms with Gasteiger partial charge in [0.05, 0.1) is 24.9 Å². The second-order valence-electron chi connectivity index (χ2n) is 9.48. The number of hydrogen-bond acceptors (Lipinski definition) is 5. The van der Waals surface area contributed by atoms with Crippen LogP contribution in [0, 0.1) is 0 Å². The number of likely N-dealkylation sites (N-methyl/N-ethyl adjacent to an activating group) is 1. The van der Waals surface area contributed by atoms with Gasteiger partial charge in [-0.3, -0.25) is 14.8 Å². The zero-order valence-electron chi connectivity index (χ0n) is 19.3. The van der Waals surface area contributed by atoms with Crippen molar-refractivity contribution in [2.24, 2.45) is 0 Å². The van der Waals surface area contributed by atoms with Crippen molar-refractivity contribution in [3.05, 3.63) is 70.6 Å². The van der Waals surface area contributed by atoms with Gasteiger partial charge >= 0.3 is 0 Å². The molecule has 2 atom stereocenters. The zero-order chi connectivity index (χ0) is 21.8. The predicted octanol–water partition coefficient (Wildman–Crippen LogP) is 3.45. The standard InChI is InChI=1S/C27H36N4O/c1-30(26-11-3-7-22-9-4-12-28-27(22)26)20-24-18-25-21(6-2-8-23(25)19-29-24)10-5-13-31-14-16-32-17-15-31/h2,4-6,8-10,12,24,26,29H,3,7,11,13-20H2,1H3/b10-5+/t24-,26-/m0/s1. The van der Waals surface area contributed by atoms with Crippen LogP contribution in [0.2, 0.25) is 0 Å². The molecule has 170 valence electrons. The van der Waals surface area contributed by atoms with Crippen molar-refractivity contribution in [3.8, 4) is 0 Å². The van der Waals surface area contributed by atoms with Crippen LogP contribution in [-0.4, -0.2) is 67.3 Å². The van der Waals surface area contributed by atoms with Crippen LogP contribution >= 0.6 is 0 Å². The van der Waals surface area contributed by atoms with Crippen molar-refractivity contribution in [3.63, 3.8) is 0 Å². The first-order valence-corrected chi connectivity index (χ1v) is 12.2. The molecule has 0 spiro atoms. The largest absolute Gasteiger partial charge is 0.379 e. The topological polar surface area (TPSA) is 40.6 Å². The Kier molecular flexibility index (Phi) is 6.98. The van der Waals surface area contributed by atoms with Crippen molar-refractivity contribution in [1.29, 1.82) is 0 Å². The van der Waals surface area contributed by atoms with Gasteiger partial charge in [0, 0.05) is 45.0 Å². The first-order chi connectivity index (χ1) is 15.8. The van der Waals surface area contributed by atoms with Crippen LogP contribution in [0.15, 0.2) is 42.6 Å². The summed E-state index contributed by atoms with van der Waals surface area (Å²) in [7, 11) is 2.28. The molecule has 3 heterocycles. The number of fused-ring (bicyclic) bond motifs is 2. The van der Waals surface area contributed by atoms with Crippen molar-refractivity contribution in [2.75, 3.05) is 46.4 Å². The van der Waals surface area contributed by atoms with Gasteiger partial charge in [0.25, 0.3) is 0 Å². The Balaban J connectivity index is 1.24. The second kappa shape index (κ2) is 10.3. The fourth-order valence-electron chi connectivity index (χ4n) is 5.53. The van der Waals surface area contributed by atoms with E-state index in [9.17, 15) is 0 Å². The van der Waals surface area contributed by atoms with Crippen molar-refractivity contribution in [2.45, 2.75) is 44.3 Å². The third kappa shape index (κ3) is 4.96. The number of nitrogens with zero attached hydrogens (tertiary/aromatic N) is 3. The van der Waals surface area contributed by atoms with Crippen LogP contribution in [0.25, 0.3) is 6.08 Å². The molecule has 32 heavy (non-hydrogen) atoms. The fourth-order valence-corrected chi connectivity index (χ4v) is 5.53. The Morgan fingerprint density at radius 3 is 2.97 bits per heavy atom. The van der Waals surface area contributed by atoms with Gasteiger partial charge in [-0.2, -0.15) is 0 Å². The predicted molar refractivity (Wildman–Crippen MR) is 130 cm³/mol. The van der Waals surface area contributed by atoms with Gasteiger partial charge in [-0.05, 0) is 61.1 Å². The average Bonchev–Trinajstić information content (AvgIpc) is 2.84. The lowest BCUT2D eigenvalue weighted by molar-refractivity contribution is 0.0435. The summed E-state index contributed by atoms with van der Waals surface area (Å²) >= 11 is 0. The summed E-state index contributed by atoms with van der Waals surface area (Å²) in [4.78, 5) is 9.75. The van der Waals surface area contributed by atoms with E-state index < -0.39 is 0 Å². The number of morpholine rings is 1. The summed E-state index contributed by atoms with van der Waals surface area (Å²) in [6.07, 6.45) is 11.3. The smallest absolute Gasteiger partial charge is 0.0607 e. The number of pyridine rings is 1. The lowest BCUT2D eigenvalue weighted by Crippen LogP contribution is -2.45. The van der Waals surface area contributed by atoms with E-state index in [4.69, 9.17) is 9.72 Å². The quantitative estimate of drug-likeness (QED) is 0.757. The maximum atomic E-state index is 5.46. The minimum atomic E-state index is 0.437. The maximum Gasteiger partial charge on any atom is 0.0607 e. The van der Waals surface area contributed by atoms with E-state index in [1.54, 1.807) is 0 Å². The van der Waals surface area contributed by atoms with E-state index in [-0.39, 0.29) is 0 Å². The lowest BCUT2D eigenvalue weighted by Gasteiger charge is -2.36. The molecule has 0 radical (unpaired) electrons. The van der Waals surface area contributed by atoms with E-state index in [0.717, 1.165) is 52.4 Å². The molecule has 0 amide bonds. The number of nitrogens with one attached hydrogen (secondary N) is 1. The molecule has 0 bridgehead atoms. The SMILES string of the molecule is CN(C[C@@H]1Cc2c(/C=C/CN3CCOCC3)cccc2CN1)[C@H]1CCCc2cccnc21. The van der Waals surface area contributed by atoms with E-state index >= 15 is 0 Å².